The first kappa shape index (κ1) is 9.48. The second kappa shape index (κ2) is 4.42. The topological polar surface area (TPSA) is 66.6 Å². The van der Waals surface area contributed by atoms with E-state index in [2.05, 4.69) is 4.90 Å². The van der Waals surface area contributed by atoms with Crippen LogP contribution in [0.3, 0.4) is 0 Å². The minimum atomic E-state index is -0.710. The number of likely N-dealkylation sites (tertiary alicyclic amines) is 1. The Balaban J connectivity index is 2.04. The molecule has 1 atom stereocenters. The number of carboxylic acids is 1. The van der Waals surface area contributed by atoms with E-state index in [1.165, 1.54) is 0 Å². The molecule has 0 aromatic heterocycles. The average Bonchev–Trinajstić information content (AvgIpc) is 2.35. The van der Waals surface area contributed by atoms with Gasteiger partial charge in [0.1, 0.15) is 0 Å². The van der Waals surface area contributed by atoms with Gasteiger partial charge in [0.25, 0.3) is 0 Å². The van der Waals surface area contributed by atoms with Gasteiger partial charge in [-0.25, -0.2) is 0 Å². The van der Waals surface area contributed by atoms with Crippen molar-refractivity contribution in [3.63, 3.8) is 0 Å². The van der Waals surface area contributed by atoms with E-state index in [1.807, 2.05) is 0 Å². The fourth-order valence-electron chi connectivity index (χ4n) is 1.52. The highest BCUT2D eigenvalue weighted by atomic mass is 16.4. The van der Waals surface area contributed by atoms with Gasteiger partial charge in [-0.2, -0.15) is 0 Å². The average molecular weight is 172 g/mol. The van der Waals surface area contributed by atoms with Gasteiger partial charge < -0.3 is 15.7 Å². The quantitative estimate of drug-likeness (QED) is 0.620. The van der Waals surface area contributed by atoms with Gasteiger partial charge in [0, 0.05) is 19.0 Å². The van der Waals surface area contributed by atoms with Gasteiger partial charge in [-0.05, 0) is 25.9 Å². The molecule has 70 valence electrons. The van der Waals surface area contributed by atoms with Crippen molar-refractivity contribution >= 4 is 5.97 Å². The van der Waals surface area contributed by atoms with Crippen LogP contribution in [-0.4, -0.2) is 41.7 Å². The maximum Gasteiger partial charge on any atom is 0.303 e. The third-order valence-electron chi connectivity index (χ3n) is 2.17. The van der Waals surface area contributed by atoms with Crippen LogP contribution in [0.4, 0.5) is 0 Å². The highest BCUT2D eigenvalue weighted by Gasteiger charge is 2.18. The number of carboxylic acid groups (broad SMARTS) is 1. The maximum atomic E-state index is 10.2. The normalized spacial score (nSPS) is 24.6. The van der Waals surface area contributed by atoms with Crippen LogP contribution >= 0.6 is 0 Å². The Morgan fingerprint density at radius 2 is 2.42 bits per heavy atom. The predicted octanol–water partition coefficient (Wildman–Crippen LogP) is -0.116. The molecular formula is C8H16N2O2. The largest absolute Gasteiger partial charge is 0.481 e. The summed E-state index contributed by atoms with van der Waals surface area (Å²) in [7, 11) is 0. The standard InChI is InChI=1S/C8H16N2O2/c9-7-3-5-10(6-7)4-1-2-8(11)12/h7H,1-6,9H2,(H,11,12). The van der Waals surface area contributed by atoms with Crippen LogP contribution in [0, 0.1) is 0 Å². The molecule has 1 aliphatic rings. The van der Waals surface area contributed by atoms with Crippen LogP contribution in [-0.2, 0) is 4.79 Å². The van der Waals surface area contributed by atoms with E-state index < -0.39 is 5.97 Å². The van der Waals surface area contributed by atoms with Crippen molar-refractivity contribution in [1.82, 2.24) is 4.90 Å². The van der Waals surface area contributed by atoms with Crippen LogP contribution in [0.15, 0.2) is 0 Å². The fourth-order valence-corrected chi connectivity index (χ4v) is 1.52. The summed E-state index contributed by atoms with van der Waals surface area (Å²) in [6.45, 7) is 2.83. The first-order valence-electron chi connectivity index (χ1n) is 4.38. The first-order chi connectivity index (χ1) is 5.68. The molecular weight excluding hydrogens is 156 g/mol. The molecule has 12 heavy (non-hydrogen) atoms. The van der Waals surface area contributed by atoms with E-state index in [1.54, 1.807) is 0 Å². The number of carbonyl (C=O) groups is 1. The lowest BCUT2D eigenvalue weighted by Crippen LogP contribution is -2.27. The zero-order valence-corrected chi connectivity index (χ0v) is 7.20. The van der Waals surface area contributed by atoms with E-state index in [-0.39, 0.29) is 6.42 Å². The fraction of sp³-hybridized carbons (Fsp3) is 0.875. The molecule has 1 heterocycles. The van der Waals surface area contributed by atoms with Gasteiger partial charge in [-0.3, -0.25) is 4.79 Å². The Bertz CT molecular complexity index is 161. The highest BCUT2D eigenvalue weighted by molar-refractivity contribution is 5.66. The Morgan fingerprint density at radius 1 is 1.67 bits per heavy atom. The van der Waals surface area contributed by atoms with Crippen LogP contribution in [0.1, 0.15) is 19.3 Å². The minimum absolute atomic E-state index is 0.270. The SMILES string of the molecule is NC1CCN(CCCC(=O)O)C1. The molecule has 0 amide bonds. The van der Waals surface area contributed by atoms with Gasteiger partial charge in [0.2, 0.25) is 0 Å². The molecule has 0 aromatic carbocycles. The summed E-state index contributed by atoms with van der Waals surface area (Å²) in [6, 6.07) is 0.301. The zero-order chi connectivity index (χ0) is 8.97. The van der Waals surface area contributed by atoms with Crippen LogP contribution < -0.4 is 5.73 Å². The molecule has 1 saturated heterocycles. The molecule has 1 rings (SSSR count). The van der Waals surface area contributed by atoms with Crippen molar-refractivity contribution in [3.8, 4) is 0 Å². The van der Waals surface area contributed by atoms with E-state index in [0.29, 0.717) is 6.04 Å². The Kier molecular flexibility index (Phi) is 3.49. The lowest BCUT2D eigenvalue weighted by molar-refractivity contribution is -0.137. The van der Waals surface area contributed by atoms with Crippen LogP contribution in [0.2, 0.25) is 0 Å². The molecule has 0 aliphatic carbocycles. The molecule has 0 radical (unpaired) electrons. The molecule has 0 saturated carbocycles. The third kappa shape index (κ3) is 3.19. The smallest absolute Gasteiger partial charge is 0.303 e. The monoisotopic (exact) mass is 172 g/mol. The van der Waals surface area contributed by atoms with Gasteiger partial charge in [0.15, 0.2) is 0 Å². The van der Waals surface area contributed by atoms with E-state index in [9.17, 15) is 4.79 Å². The summed E-state index contributed by atoms with van der Waals surface area (Å²) in [4.78, 5) is 12.4. The van der Waals surface area contributed by atoms with Crippen LogP contribution in [0.5, 0.6) is 0 Å². The van der Waals surface area contributed by atoms with Crippen molar-refractivity contribution in [2.24, 2.45) is 5.73 Å². The number of aliphatic carboxylic acids is 1. The molecule has 4 nitrogen and oxygen atoms in total. The highest BCUT2D eigenvalue weighted by Crippen LogP contribution is 2.07. The van der Waals surface area contributed by atoms with Crippen molar-refractivity contribution in [2.45, 2.75) is 25.3 Å². The molecule has 0 spiro atoms. The number of nitrogens with two attached hydrogens (primary N) is 1. The second-order valence-electron chi connectivity index (χ2n) is 3.35. The molecule has 4 heteroatoms. The lowest BCUT2D eigenvalue weighted by Gasteiger charge is -2.13. The van der Waals surface area contributed by atoms with Gasteiger partial charge in [-0.15, -0.1) is 0 Å². The summed E-state index contributed by atoms with van der Waals surface area (Å²) < 4.78 is 0. The maximum absolute atomic E-state index is 10.2. The number of nitrogens with zero attached hydrogens (tertiary/aromatic N) is 1. The van der Waals surface area contributed by atoms with E-state index in [0.717, 1.165) is 32.5 Å². The second-order valence-corrected chi connectivity index (χ2v) is 3.35. The Morgan fingerprint density at radius 3 is 2.92 bits per heavy atom. The molecule has 0 bridgehead atoms. The lowest BCUT2D eigenvalue weighted by atomic mass is 10.3. The van der Waals surface area contributed by atoms with Gasteiger partial charge >= 0.3 is 5.97 Å². The molecule has 1 aliphatic heterocycles. The first-order valence-corrected chi connectivity index (χ1v) is 4.38. The molecule has 0 aromatic rings. The summed E-state index contributed by atoms with van der Waals surface area (Å²) in [5, 5.41) is 8.40. The summed E-state index contributed by atoms with van der Waals surface area (Å²) >= 11 is 0. The number of hydrogen-bond acceptors (Lipinski definition) is 3. The van der Waals surface area contributed by atoms with Crippen molar-refractivity contribution < 1.29 is 9.90 Å². The van der Waals surface area contributed by atoms with Crippen LogP contribution in [0.25, 0.3) is 0 Å². The summed E-state index contributed by atoms with van der Waals surface area (Å²) in [5.74, 6) is -0.710. The number of hydrogen-bond donors (Lipinski definition) is 2. The number of rotatable bonds is 4. The van der Waals surface area contributed by atoms with E-state index >= 15 is 0 Å². The third-order valence-corrected chi connectivity index (χ3v) is 2.17. The van der Waals surface area contributed by atoms with Gasteiger partial charge in [0.05, 0.1) is 0 Å². The summed E-state index contributed by atoms with van der Waals surface area (Å²) in [5.41, 5.74) is 5.70. The molecule has 3 N–H and O–H groups in total. The summed E-state index contributed by atoms with van der Waals surface area (Å²) in [6.07, 6.45) is 2.06. The van der Waals surface area contributed by atoms with Crippen molar-refractivity contribution in [2.75, 3.05) is 19.6 Å². The minimum Gasteiger partial charge on any atom is -0.481 e. The molecule has 1 fully saturated rings. The predicted molar refractivity (Wildman–Crippen MR) is 45.9 cm³/mol. The Hall–Kier alpha value is -0.610. The molecule has 1 unspecified atom stereocenters. The van der Waals surface area contributed by atoms with Crippen molar-refractivity contribution in [1.29, 1.82) is 0 Å². The van der Waals surface area contributed by atoms with E-state index in [4.69, 9.17) is 10.8 Å². The Labute approximate surface area is 72.3 Å². The van der Waals surface area contributed by atoms with Crippen molar-refractivity contribution in [3.05, 3.63) is 0 Å². The zero-order valence-electron chi connectivity index (χ0n) is 7.20. The van der Waals surface area contributed by atoms with Gasteiger partial charge in [-0.1, -0.05) is 0 Å².